The van der Waals surface area contributed by atoms with Gasteiger partial charge in [0.1, 0.15) is 5.54 Å². The molecule has 2 fully saturated rings. The van der Waals surface area contributed by atoms with Gasteiger partial charge in [-0.2, -0.15) is 0 Å². The number of nitrogens with one attached hydrogen (secondary N) is 1. The number of carbonyl (C=O) groups is 2. The van der Waals surface area contributed by atoms with Gasteiger partial charge in [0.25, 0.3) is 0 Å². The van der Waals surface area contributed by atoms with Gasteiger partial charge in [0, 0.05) is 6.61 Å². The normalized spacial score (nSPS) is 26.9. The molecule has 0 bridgehead atoms. The Bertz CT molecular complexity index is 304. The topological polar surface area (TPSA) is 75.6 Å². The summed E-state index contributed by atoms with van der Waals surface area (Å²) in [4.78, 5) is 23.1. The summed E-state index contributed by atoms with van der Waals surface area (Å²) in [6, 6.07) is 0. The van der Waals surface area contributed by atoms with Crippen molar-refractivity contribution in [3.05, 3.63) is 0 Å². The van der Waals surface area contributed by atoms with Crippen molar-refractivity contribution in [3.63, 3.8) is 0 Å². The number of aliphatic carboxylic acids is 1. The summed E-state index contributed by atoms with van der Waals surface area (Å²) in [5, 5.41) is 11.9. The summed E-state index contributed by atoms with van der Waals surface area (Å²) >= 11 is 0. The van der Waals surface area contributed by atoms with Crippen molar-refractivity contribution in [2.24, 2.45) is 0 Å². The van der Waals surface area contributed by atoms with Crippen LogP contribution in [-0.4, -0.2) is 35.2 Å². The molecule has 0 unspecified atom stereocenters. The van der Waals surface area contributed by atoms with E-state index in [-0.39, 0.29) is 18.4 Å². The maximum Gasteiger partial charge on any atom is 0.329 e. The van der Waals surface area contributed by atoms with Crippen molar-refractivity contribution in [1.82, 2.24) is 5.32 Å². The van der Waals surface area contributed by atoms with Crippen LogP contribution in [0.5, 0.6) is 0 Å². The Balaban J connectivity index is 1.89. The quantitative estimate of drug-likeness (QED) is 0.772. The number of ether oxygens (including phenoxy) is 1. The first kappa shape index (κ1) is 12.4. The van der Waals surface area contributed by atoms with Crippen LogP contribution in [0.25, 0.3) is 0 Å². The molecular formula is C12H19NO4. The van der Waals surface area contributed by atoms with E-state index >= 15 is 0 Å². The van der Waals surface area contributed by atoms with E-state index in [0.29, 0.717) is 19.4 Å². The van der Waals surface area contributed by atoms with Crippen LogP contribution in [0.2, 0.25) is 0 Å². The Labute approximate surface area is 101 Å². The lowest BCUT2D eigenvalue weighted by Gasteiger charge is -2.25. The predicted molar refractivity (Wildman–Crippen MR) is 60.6 cm³/mol. The number of amides is 1. The summed E-state index contributed by atoms with van der Waals surface area (Å²) in [5.41, 5.74) is -1.02. The van der Waals surface area contributed by atoms with Crippen molar-refractivity contribution < 1.29 is 19.4 Å². The van der Waals surface area contributed by atoms with Gasteiger partial charge in [0.15, 0.2) is 0 Å². The number of carboxylic acid groups (broad SMARTS) is 1. The molecule has 0 aromatic carbocycles. The van der Waals surface area contributed by atoms with Crippen molar-refractivity contribution in [2.75, 3.05) is 6.61 Å². The van der Waals surface area contributed by atoms with Crippen LogP contribution in [-0.2, 0) is 14.3 Å². The minimum atomic E-state index is -1.02. The summed E-state index contributed by atoms with van der Waals surface area (Å²) < 4.78 is 5.37. The average molecular weight is 241 g/mol. The van der Waals surface area contributed by atoms with Gasteiger partial charge in [-0.3, -0.25) is 4.79 Å². The van der Waals surface area contributed by atoms with Crippen molar-refractivity contribution in [2.45, 2.75) is 56.6 Å². The van der Waals surface area contributed by atoms with Crippen LogP contribution in [0.15, 0.2) is 0 Å². The van der Waals surface area contributed by atoms with Crippen LogP contribution in [0.4, 0.5) is 0 Å². The molecule has 1 amide bonds. The number of hydrogen-bond donors (Lipinski definition) is 2. The predicted octanol–water partition coefficient (Wildman–Crippen LogP) is 1.07. The fraction of sp³-hybridized carbons (Fsp3) is 0.833. The third-order valence-electron chi connectivity index (χ3n) is 3.68. The van der Waals surface area contributed by atoms with Gasteiger partial charge < -0.3 is 15.2 Å². The summed E-state index contributed by atoms with van der Waals surface area (Å²) in [5.74, 6) is -1.10. The summed E-state index contributed by atoms with van der Waals surface area (Å²) in [6.07, 6.45) is 4.96. The first-order chi connectivity index (χ1) is 8.12. The third kappa shape index (κ3) is 2.77. The van der Waals surface area contributed by atoms with Gasteiger partial charge in [0.2, 0.25) is 5.91 Å². The third-order valence-corrected chi connectivity index (χ3v) is 3.68. The van der Waals surface area contributed by atoms with E-state index in [1.54, 1.807) is 0 Å². The highest BCUT2D eigenvalue weighted by atomic mass is 16.5. The molecule has 5 nitrogen and oxygen atoms in total. The van der Waals surface area contributed by atoms with Crippen LogP contribution < -0.4 is 5.32 Å². The number of rotatable bonds is 4. The molecule has 1 aliphatic heterocycles. The van der Waals surface area contributed by atoms with Gasteiger partial charge >= 0.3 is 5.97 Å². The van der Waals surface area contributed by atoms with E-state index in [4.69, 9.17) is 4.74 Å². The first-order valence-corrected chi connectivity index (χ1v) is 6.28. The lowest BCUT2D eigenvalue weighted by atomic mass is 9.97. The van der Waals surface area contributed by atoms with Gasteiger partial charge in [0.05, 0.1) is 12.5 Å². The van der Waals surface area contributed by atoms with Crippen LogP contribution in [0.3, 0.4) is 0 Å². The van der Waals surface area contributed by atoms with E-state index in [1.807, 2.05) is 0 Å². The smallest absolute Gasteiger partial charge is 0.329 e. The van der Waals surface area contributed by atoms with Crippen molar-refractivity contribution >= 4 is 11.9 Å². The minimum Gasteiger partial charge on any atom is -0.480 e. The molecule has 0 spiro atoms. The van der Waals surface area contributed by atoms with Crippen molar-refractivity contribution in [1.29, 1.82) is 0 Å². The zero-order valence-electron chi connectivity index (χ0n) is 9.91. The van der Waals surface area contributed by atoms with Gasteiger partial charge in [-0.05, 0) is 25.7 Å². The minimum absolute atomic E-state index is 0.0257. The molecule has 0 aromatic heterocycles. The zero-order chi connectivity index (χ0) is 12.3. The number of carboxylic acids is 1. The lowest BCUT2D eigenvalue weighted by Crippen LogP contribution is -2.53. The highest BCUT2D eigenvalue weighted by Crippen LogP contribution is 2.30. The Hall–Kier alpha value is -1.10. The molecule has 5 heteroatoms. The van der Waals surface area contributed by atoms with Crippen molar-refractivity contribution in [3.8, 4) is 0 Å². The largest absolute Gasteiger partial charge is 0.480 e. The molecule has 2 rings (SSSR count). The molecule has 1 saturated heterocycles. The lowest BCUT2D eigenvalue weighted by molar-refractivity contribution is -0.147. The molecule has 1 heterocycles. The zero-order valence-corrected chi connectivity index (χ0v) is 9.91. The Morgan fingerprint density at radius 3 is 2.53 bits per heavy atom. The second-order valence-corrected chi connectivity index (χ2v) is 4.98. The molecule has 2 aliphatic rings. The van der Waals surface area contributed by atoms with E-state index in [1.165, 1.54) is 0 Å². The van der Waals surface area contributed by atoms with Crippen LogP contribution in [0.1, 0.15) is 44.9 Å². The SMILES string of the molecule is O=C(C[C@@H]1CCCO1)NC1(C(=O)O)CCCC1. The standard InChI is InChI=1S/C12H19NO4/c14-10(8-9-4-3-7-17-9)13-12(11(15)16)5-1-2-6-12/h9H,1-8H2,(H,13,14)(H,15,16)/t9-/m0/s1. The number of hydrogen-bond acceptors (Lipinski definition) is 3. The Morgan fingerprint density at radius 1 is 1.29 bits per heavy atom. The molecule has 1 atom stereocenters. The highest BCUT2D eigenvalue weighted by Gasteiger charge is 2.42. The van der Waals surface area contributed by atoms with Gasteiger partial charge in [-0.25, -0.2) is 4.79 Å². The fourth-order valence-electron chi connectivity index (χ4n) is 2.70. The first-order valence-electron chi connectivity index (χ1n) is 6.28. The molecule has 1 saturated carbocycles. The monoisotopic (exact) mass is 241 g/mol. The maximum absolute atomic E-state index is 11.8. The van der Waals surface area contributed by atoms with Gasteiger partial charge in [-0.1, -0.05) is 12.8 Å². The van der Waals surface area contributed by atoms with E-state index in [0.717, 1.165) is 25.7 Å². The number of carbonyl (C=O) groups excluding carboxylic acids is 1. The summed E-state index contributed by atoms with van der Waals surface area (Å²) in [7, 11) is 0. The highest BCUT2D eigenvalue weighted by molar-refractivity contribution is 5.87. The molecule has 0 radical (unpaired) electrons. The van der Waals surface area contributed by atoms with Crippen LogP contribution >= 0.6 is 0 Å². The second kappa shape index (κ2) is 5.04. The Kier molecular flexibility index (Phi) is 3.66. The molecule has 1 aliphatic carbocycles. The van der Waals surface area contributed by atoms with E-state index in [2.05, 4.69) is 5.32 Å². The van der Waals surface area contributed by atoms with Gasteiger partial charge in [-0.15, -0.1) is 0 Å². The average Bonchev–Trinajstić information content (AvgIpc) is 2.89. The fourth-order valence-corrected chi connectivity index (χ4v) is 2.70. The van der Waals surface area contributed by atoms with Crippen LogP contribution in [0, 0.1) is 0 Å². The molecule has 96 valence electrons. The molecule has 17 heavy (non-hydrogen) atoms. The Morgan fingerprint density at radius 2 is 2.00 bits per heavy atom. The van der Waals surface area contributed by atoms with E-state index < -0.39 is 11.5 Å². The summed E-state index contributed by atoms with van der Waals surface area (Å²) in [6.45, 7) is 0.710. The molecular weight excluding hydrogens is 222 g/mol. The second-order valence-electron chi connectivity index (χ2n) is 4.98. The maximum atomic E-state index is 11.8. The molecule has 0 aromatic rings. The molecule has 2 N–H and O–H groups in total. The van der Waals surface area contributed by atoms with E-state index in [9.17, 15) is 14.7 Å².